The molecule has 19 heavy (non-hydrogen) atoms. The first-order valence-corrected chi connectivity index (χ1v) is 7.13. The monoisotopic (exact) mass is 266 g/mol. The van der Waals surface area contributed by atoms with Crippen molar-refractivity contribution >= 4 is 0 Å². The summed E-state index contributed by atoms with van der Waals surface area (Å²) in [6.45, 7) is 3.90. The number of benzene rings is 1. The molecule has 0 amide bonds. The van der Waals surface area contributed by atoms with Gasteiger partial charge in [0, 0.05) is 11.6 Å². The zero-order chi connectivity index (χ0) is 13.3. The van der Waals surface area contributed by atoms with Gasteiger partial charge in [-0.1, -0.05) is 0 Å². The standard InChI is InChI=1S/C15H20F2N2/c16-13-9-12(10-14(17)11-13)15(3-5-18-6-4-15)19-7-1-2-8-19/h9-11,18H,1-8H2. The van der Waals surface area contributed by atoms with Gasteiger partial charge in [0.1, 0.15) is 11.6 Å². The lowest BCUT2D eigenvalue weighted by molar-refractivity contribution is 0.0771. The molecular weight excluding hydrogens is 246 g/mol. The van der Waals surface area contributed by atoms with E-state index in [4.69, 9.17) is 0 Å². The van der Waals surface area contributed by atoms with E-state index in [9.17, 15) is 8.78 Å². The van der Waals surface area contributed by atoms with Crippen LogP contribution < -0.4 is 5.32 Å². The third kappa shape index (κ3) is 2.39. The molecule has 0 aliphatic carbocycles. The summed E-state index contributed by atoms with van der Waals surface area (Å²) in [7, 11) is 0. The van der Waals surface area contributed by atoms with Crippen molar-refractivity contribution in [3.8, 4) is 0 Å². The van der Waals surface area contributed by atoms with Crippen molar-refractivity contribution in [2.24, 2.45) is 0 Å². The predicted molar refractivity (Wildman–Crippen MR) is 70.9 cm³/mol. The molecule has 0 saturated carbocycles. The molecule has 0 aromatic heterocycles. The average molecular weight is 266 g/mol. The molecule has 0 spiro atoms. The molecule has 1 aromatic carbocycles. The van der Waals surface area contributed by atoms with Crippen molar-refractivity contribution < 1.29 is 8.78 Å². The van der Waals surface area contributed by atoms with Gasteiger partial charge in [-0.2, -0.15) is 0 Å². The number of hydrogen-bond acceptors (Lipinski definition) is 2. The normalized spacial score (nSPS) is 23.7. The van der Waals surface area contributed by atoms with Gasteiger partial charge in [-0.15, -0.1) is 0 Å². The van der Waals surface area contributed by atoms with Gasteiger partial charge in [0.2, 0.25) is 0 Å². The maximum absolute atomic E-state index is 13.6. The van der Waals surface area contributed by atoms with Crippen LogP contribution >= 0.6 is 0 Å². The van der Waals surface area contributed by atoms with Crippen molar-refractivity contribution in [3.63, 3.8) is 0 Å². The molecule has 1 N–H and O–H groups in total. The van der Waals surface area contributed by atoms with Crippen molar-refractivity contribution in [3.05, 3.63) is 35.4 Å². The summed E-state index contributed by atoms with van der Waals surface area (Å²) >= 11 is 0. The molecule has 0 bridgehead atoms. The highest BCUT2D eigenvalue weighted by molar-refractivity contribution is 5.28. The zero-order valence-corrected chi connectivity index (χ0v) is 11.1. The molecule has 0 radical (unpaired) electrons. The summed E-state index contributed by atoms with van der Waals surface area (Å²) in [6.07, 6.45) is 4.23. The van der Waals surface area contributed by atoms with E-state index >= 15 is 0 Å². The lowest BCUT2D eigenvalue weighted by Gasteiger charge is -2.45. The van der Waals surface area contributed by atoms with Gasteiger partial charge in [-0.05, 0) is 69.6 Å². The summed E-state index contributed by atoms with van der Waals surface area (Å²) in [5, 5.41) is 3.35. The van der Waals surface area contributed by atoms with E-state index in [0.29, 0.717) is 0 Å². The van der Waals surface area contributed by atoms with Crippen LogP contribution in [0.5, 0.6) is 0 Å². The minimum atomic E-state index is -0.466. The number of nitrogens with zero attached hydrogens (tertiary/aromatic N) is 1. The first-order valence-electron chi connectivity index (χ1n) is 7.13. The van der Waals surface area contributed by atoms with E-state index in [1.807, 2.05) is 0 Å². The van der Waals surface area contributed by atoms with Crippen molar-refractivity contribution in [1.29, 1.82) is 0 Å². The van der Waals surface area contributed by atoms with Crippen LogP contribution in [0.25, 0.3) is 0 Å². The fourth-order valence-corrected chi connectivity index (χ4v) is 3.60. The number of piperidine rings is 1. The molecule has 2 nitrogen and oxygen atoms in total. The second kappa shape index (κ2) is 5.17. The maximum Gasteiger partial charge on any atom is 0.126 e. The first kappa shape index (κ1) is 13.0. The summed E-state index contributed by atoms with van der Waals surface area (Å²) in [5.41, 5.74) is 0.637. The summed E-state index contributed by atoms with van der Waals surface area (Å²) in [5.74, 6) is -0.931. The van der Waals surface area contributed by atoms with Gasteiger partial charge in [0.25, 0.3) is 0 Å². The van der Waals surface area contributed by atoms with Crippen molar-refractivity contribution in [2.75, 3.05) is 26.2 Å². The molecule has 3 rings (SSSR count). The molecule has 104 valence electrons. The lowest BCUT2D eigenvalue weighted by atomic mass is 9.80. The first-order chi connectivity index (χ1) is 9.21. The highest BCUT2D eigenvalue weighted by Crippen LogP contribution is 2.39. The van der Waals surface area contributed by atoms with Crippen LogP contribution in [-0.2, 0) is 5.54 Å². The van der Waals surface area contributed by atoms with Gasteiger partial charge >= 0.3 is 0 Å². The molecule has 2 heterocycles. The Morgan fingerprint density at radius 3 is 2.11 bits per heavy atom. The van der Waals surface area contributed by atoms with E-state index in [0.717, 1.165) is 50.7 Å². The van der Waals surface area contributed by atoms with Gasteiger partial charge in [0.15, 0.2) is 0 Å². The number of likely N-dealkylation sites (tertiary alicyclic amines) is 1. The van der Waals surface area contributed by atoms with Crippen molar-refractivity contribution in [1.82, 2.24) is 10.2 Å². The molecule has 0 unspecified atom stereocenters. The Balaban J connectivity index is 2.02. The molecule has 0 atom stereocenters. The SMILES string of the molecule is Fc1cc(F)cc(C2(N3CCCC3)CCNCC2)c1. The average Bonchev–Trinajstić information content (AvgIpc) is 2.92. The predicted octanol–water partition coefficient (Wildman–Crippen LogP) is 2.64. The van der Waals surface area contributed by atoms with Crippen LogP contribution in [0.4, 0.5) is 8.78 Å². The molecule has 2 saturated heterocycles. The van der Waals surface area contributed by atoms with E-state index < -0.39 is 11.6 Å². The third-order valence-electron chi connectivity index (χ3n) is 4.54. The second-order valence-corrected chi connectivity index (χ2v) is 5.63. The summed E-state index contributed by atoms with van der Waals surface area (Å²) in [6, 6.07) is 4.00. The van der Waals surface area contributed by atoms with E-state index in [2.05, 4.69) is 10.2 Å². The van der Waals surface area contributed by atoms with Gasteiger partial charge in [-0.3, -0.25) is 4.90 Å². The third-order valence-corrected chi connectivity index (χ3v) is 4.54. The second-order valence-electron chi connectivity index (χ2n) is 5.63. The Hall–Kier alpha value is -1.00. The molecule has 1 aromatic rings. The highest BCUT2D eigenvalue weighted by atomic mass is 19.1. The molecule has 2 aliphatic rings. The van der Waals surface area contributed by atoms with E-state index in [1.54, 1.807) is 0 Å². The number of hydrogen-bond donors (Lipinski definition) is 1. The Morgan fingerprint density at radius 1 is 0.947 bits per heavy atom. The van der Waals surface area contributed by atoms with Crippen LogP contribution in [0.2, 0.25) is 0 Å². The molecular formula is C15H20F2N2. The number of nitrogens with one attached hydrogen (secondary N) is 1. The largest absolute Gasteiger partial charge is 0.317 e. The molecule has 4 heteroatoms. The van der Waals surface area contributed by atoms with E-state index in [-0.39, 0.29) is 5.54 Å². The Kier molecular flexibility index (Phi) is 3.54. The Morgan fingerprint density at radius 2 is 1.53 bits per heavy atom. The smallest absolute Gasteiger partial charge is 0.126 e. The topological polar surface area (TPSA) is 15.3 Å². The Labute approximate surface area is 112 Å². The van der Waals surface area contributed by atoms with Gasteiger partial charge in [-0.25, -0.2) is 8.78 Å². The quantitative estimate of drug-likeness (QED) is 0.885. The zero-order valence-electron chi connectivity index (χ0n) is 11.1. The lowest BCUT2D eigenvalue weighted by Crippen LogP contribution is -2.51. The maximum atomic E-state index is 13.6. The van der Waals surface area contributed by atoms with Gasteiger partial charge < -0.3 is 5.32 Å². The Bertz CT molecular complexity index is 429. The number of rotatable bonds is 2. The van der Waals surface area contributed by atoms with Crippen LogP contribution in [0.1, 0.15) is 31.2 Å². The fourth-order valence-electron chi connectivity index (χ4n) is 3.60. The van der Waals surface area contributed by atoms with Crippen LogP contribution in [0, 0.1) is 11.6 Å². The minimum absolute atomic E-state index is 0.176. The van der Waals surface area contributed by atoms with E-state index in [1.165, 1.54) is 25.0 Å². The fraction of sp³-hybridized carbons (Fsp3) is 0.600. The van der Waals surface area contributed by atoms with Crippen LogP contribution in [0.3, 0.4) is 0 Å². The van der Waals surface area contributed by atoms with Crippen LogP contribution in [-0.4, -0.2) is 31.1 Å². The number of halogens is 2. The molecule has 2 fully saturated rings. The van der Waals surface area contributed by atoms with Crippen LogP contribution in [0.15, 0.2) is 18.2 Å². The molecule has 2 aliphatic heterocycles. The van der Waals surface area contributed by atoms with Crippen molar-refractivity contribution in [2.45, 2.75) is 31.2 Å². The van der Waals surface area contributed by atoms with Gasteiger partial charge in [0.05, 0.1) is 0 Å². The highest BCUT2D eigenvalue weighted by Gasteiger charge is 2.41. The summed E-state index contributed by atoms with van der Waals surface area (Å²) < 4.78 is 27.1. The minimum Gasteiger partial charge on any atom is -0.317 e. The summed E-state index contributed by atoms with van der Waals surface area (Å²) in [4.78, 5) is 2.43.